The van der Waals surface area contributed by atoms with Crippen molar-refractivity contribution >= 4 is 11.9 Å². The second-order valence-electron chi connectivity index (χ2n) is 3.46. The summed E-state index contributed by atoms with van der Waals surface area (Å²) in [4.78, 5) is 23.4. The lowest BCUT2D eigenvalue weighted by Gasteiger charge is -2.22. The molecule has 0 aliphatic rings. The summed E-state index contributed by atoms with van der Waals surface area (Å²) in [5.74, 6) is 3.62. The lowest BCUT2D eigenvalue weighted by atomic mass is 9.87. The van der Waals surface area contributed by atoms with Crippen LogP contribution >= 0.6 is 0 Å². The minimum absolute atomic E-state index is 0.0365. The van der Waals surface area contributed by atoms with Gasteiger partial charge in [-0.25, -0.2) is 0 Å². The zero-order chi connectivity index (χ0) is 13.3. The van der Waals surface area contributed by atoms with Crippen LogP contribution in [0, 0.1) is 17.3 Å². The molecule has 0 atom stereocenters. The van der Waals surface area contributed by atoms with Crippen molar-refractivity contribution in [1.82, 2.24) is 0 Å². The van der Waals surface area contributed by atoms with E-state index in [1.165, 1.54) is 6.92 Å². The summed E-state index contributed by atoms with van der Waals surface area (Å²) in [7, 11) is 0. The van der Waals surface area contributed by atoms with E-state index in [1.807, 2.05) is 0 Å². The van der Waals surface area contributed by atoms with Crippen molar-refractivity contribution in [2.75, 3.05) is 19.8 Å². The topological polar surface area (TPSA) is 72.8 Å². The Bertz CT molecular complexity index is 306. The third-order valence-electron chi connectivity index (χ3n) is 2.10. The lowest BCUT2D eigenvalue weighted by molar-refractivity contribution is -0.170. The standard InChI is InChI=1S/C12H18O5/c1-4-16-10(14)12(3,8-6-7-9-13)11(15)17-5-2/h13H,4-5,8-9H2,1-3H3. The molecule has 0 aromatic carbocycles. The molecule has 0 heterocycles. The molecule has 0 bridgehead atoms. The summed E-state index contributed by atoms with van der Waals surface area (Å²) in [6.45, 7) is 4.78. The van der Waals surface area contributed by atoms with E-state index in [-0.39, 0.29) is 26.2 Å². The van der Waals surface area contributed by atoms with Gasteiger partial charge >= 0.3 is 11.9 Å². The first-order valence-corrected chi connectivity index (χ1v) is 5.43. The molecule has 0 radical (unpaired) electrons. The second kappa shape index (κ2) is 7.69. The van der Waals surface area contributed by atoms with Crippen molar-refractivity contribution < 1.29 is 24.2 Å². The number of hydrogen-bond acceptors (Lipinski definition) is 5. The Kier molecular flexibility index (Phi) is 6.99. The highest BCUT2D eigenvalue weighted by Crippen LogP contribution is 2.25. The van der Waals surface area contributed by atoms with Crippen LogP contribution in [-0.2, 0) is 19.1 Å². The van der Waals surface area contributed by atoms with Gasteiger partial charge in [-0.3, -0.25) is 9.59 Å². The molecular weight excluding hydrogens is 224 g/mol. The molecule has 0 fully saturated rings. The molecule has 0 saturated carbocycles. The van der Waals surface area contributed by atoms with E-state index in [1.54, 1.807) is 13.8 Å². The third kappa shape index (κ3) is 4.45. The Morgan fingerprint density at radius 1 is 1.12 bits per heavy atom. The molecule has 0 unspecified atom stereocenters. The molecule has 0 aromatic rings. The minimum atomic E-state index is -1.44. The van der Waals surface area contributed by atoms with Gasteiger partial charge in [-0.1, -0.05) is 11.8 Å². The van der Waals surface area contributed by atoms with Gasteiger partial charge in [-0.2, -0.15) is 0 Å². The van der Waals surface area contributed by atoms with Crippen molar-refractivity contribution in [3.05, 3.63) is 0 Å². The van der Waals surface area contributed by atoms with Crippen molar-refractivity contribution in [3.63, 3.8) is 0 Å². The molecule has 17 heavy (non-hydrogen) atoms. The van der Waals surface area contributed by atoms with Crippen molar-refractivity contribution in [2.24, 2.45) is 5.41 Å². The molecule has 0 aliphatic carbocycles. The van der Waals surface area contributed by atoms with Crippen LogP contribution in [0.3, 0.4) is 0 Å². The maximum absolute atomic E-state index is 11.7. The van der Waals surface area contributed by atoms with Gasteiger partial charge in [0.2, 0.25) is 0 Å². The van der Waals surface area contributed by atoms with Crippen LogP contribution in [0.25, 0.3) is 0 Å². The number of aliphatic hydroxyl groups is 1. The first-order valence-electron chi connectivity index (χ1n) is 5.43. The van der Waals surface area contributed by atoms with E-state index >= 15 is 0 Å². The van der Waals surface area contributed by atoms with Crippen LogP contribution in [-0.4, -0.2) is 36.9 Å². The summed E-state index contributed by atoms with van der Waals surface area (Å²) < 4.78 is 9.67. The molecule has 0 spiro atoms. The number of hydrogen-bond donors (Lipinski definition) is 1. The number of carbonyl (C=O) groups is 2. The van der Waals surface area contributed by atoms with Crippen LogP contribution in [0.1, 0.15) is 27.2 Å². The fraction of sp³-hybridized carbons (Fsp3) is 0.667. The van der Waals surface area contributed by atoms with Gasteiger partial charge in [0.15, 0.2) is 5.41 Å². The first-order chi connectivity index (χ1) is 8.02. The maximum Gasteiger partial charge on any atom is 0.324 e. The van der Waals surface area contributed by atoms with E-state index < -0.39 is 17.4 Å². The quantitative estimate of drug-likeness (QED) is 0.432. The highest BCUT2D eigenvalue weighted by atomic mass is 16.6. The average Bonchev–Trinajstić information content (AvgIpc) is 2.29. The summed E-state index contributed by atoms with van der Waals surface area (Å²) in [5.41, 5.74) is -1.44. The fourth-order valence-corrected chi connectivity index (χ4v) is 1.10. The smallest absolute Gasteiger partial charge is 0.324 e. The number of esters is 2. The Hall–Kier alpha value is -1.54. The van der Waals surface area contributed by atoms with Crippen LogP contribution in [0.4, 0.5) is 0 Å². The number of ether oxygens (including phenoxy) is 2. The largest absolute Gasteiger partial charge is 0.465 e. The average molecular weight is 242 g/mol. The van der Waals surface area contributed by atoms with Gasteiger partial charge in [0.25, 0.3) is 0 Å². The summed E-state index contributed by atoms with van der Waals surface area (Å²) >= 11 is 0. The van der Waals surface area contributed by atoms with Crippen molar-refractivity contribution in [1.29, 1.82) is 0 Å². The Labute approximate surface area is 101 Å². The van der Waals surface area contributed by atoms with Gasteiger partial charge in [0, 0.05) is 6.42 Å². The van der Waals surface area contributed by atoms with E-state index in [2.05, 4.69) is 11.8 Å². The van der Waals surface area contributed by atoms with Gasteiger partial charge in [-0.15, -0.1) is 0 Å². The molecule has 1 N–H and O–H groups in total. The van der Waals surface area contributed by atoms with E-state index in [0.29, 0.717) is 0 Å². The molecule has 0 aliphatic heterocycles. The second-order valence-corrected chi connectivity index (χ2v) is 3.46. The molecule has 5 nitrogen and oxygen atoms in total. The van der Waals surface area contributed by atoms with Crippen LogP contribution in [0.2, 0.25) is 0 Å². The van der Waals surface area contributed by atoms with Gasteiger partial charge in [0.05, 0.1) is 13.2 Å². The molecule has 0 amide bonds. The zero-order valence-electron chi connectivity index (χ0n) is 10.4. The highest BCUT2D eigenvalue weighted by Gasteiger charge is 2.43. The lowest BCUT2D eigenvalue weighted by Crippen LogP contribution is -2.39. The molecule has 5 heteroatoms. The zero-order valence-corrected chi connectivity index (χ0v) is 10.4. The summed E-state index contributed by atoms with van der Waals surface area (Å²) in [5, 5.41) is 8.54. The van der Waals surface area contributed by atoms with Crippen LogP contribution < -0.4 is 0 Å². The minimum Gasteiger partial charge on any atom is -0.465 e. The van der Waals surface area contributed by atoms with Gasteiger partial charge in [0.1, 0.15) is 6.61 Å². The van der Waals surface area contributed by atoms with Crippen LogP contribution in [0.15, 0.2) is 0 Å². The number of aliphatic hydroxyl groups excluding tert-OH is 1. The molecule has 0 aromatic heterocycles. The molecule has 0 rings (SSSR count). The molecule has 96 valence electrons. The van der Waals surface area contributed by atoms with Gasteiger partial charge in [-0.05, 0) is 20.8 Å². The highest BCUT2D eigenvalue weighted by molar-refractivity contribution is 5.99. The monoisotopic (exact) mass is 242 g/mol. The SMILES string of the molecule is CCOC(=O)C(C)(CC#CCO)C(=O)OCC. The van der Waals surface area contributed by atoms with Gasteiger partial charge < -0.3 is 14.6 Å². The van der Waals surface area contributed by atoms with Crippen molar-refractivity contribution in [2.45, 2.75) is 27.2 Å². The molecule has 0 saturated heterocycles. The van der Waals surface area contributed by atoms with Crippen molar-refractivity contribution in [3.8, 4) is 11.8 Å². The Morgan fingerprint density at radius 2 is 1.59 bits per heavy atom. The maximum atomic E-state index is 11.7. The molecular formula is C12H18O5. The third-order valence-corrected chi connectivity index (χ3v) is 2.10. The van der Waals surface area contributed by atoms with E-state index in [4.69, 9.17) is 14.6 Å². The number of carbonyl (C=O) groups excluding carboxylic acids is 2. The Balaban J connectivity index is 4.91. The normalized spacial score (nSPS) is 10.1. The predicted molar refractivity (Wildman–Crippen MR) is 60.9 cm³/mol. The van der Waals surface area contributed by atoms with E-state index in [9.17, 15) is 9.59 Å². The Morgan fingerprint density at radius 3 is 1.94 bits per heavy atom. The summed E-state index contributed by atoms with van der Waals surface area (Å²) in [6, 6.07) is 0. The number of rotatable bonds is 5. The predicted octanol–water partition coefficient (Wildman–Crippen LogP) is 0.505. The van der Waals surface area contributed by atoms with Crippen LogP contribution in [0.5, 0.6) is 0 Å². The first kappa shape index (κ1) is 15.5. The fourth-order valence-electron chi connectivity index (χ4n) is 1.10. The van der Waals surface area contributed by atoms with E-state index in [0.717, 1.165) is 0 Å². The summed E-state index contributed by atoms with van der Waals surface area (Å²) in [6.07, 6.45) is -0.0365.